The summed E-state index contributed by atoms with van der Waals surface area (Å²) >= 11 is 0. The van der Waals surface area contributed by atoms with Gasteiger partial charge in [0.25, 0.3) is 0 Å². The molecule has 2 atom stereocenters. The molecule has 9 nitrogen and oxygen atoms in total. The monoisotopic (exact) mass is 217 g/mol. The van der Waals surface area contributed by atoms with Crippen LogP contribution in [0, 0.1) is 10.8 Å². The van der Waals surface area contributed by atoms with Crippen LogP contribution in [0.25, 0.3) is 0 Å². The van der Waals surface area contributed by atoms with Crippen LogP contribution in [0.15, 0.2) is 0 Å². The zero-order valence-corrected chi connectivity index (χ0v) is 7.44. The Hall–Kier alpha value is -1.63. The summed E-state index contributed by atoms with van der Waals surface area (Å²) in [5.74, 6) is -3.82. The highest BCUT2D eigenvalue weighted by atomic mass is 16.4. The minimum atomic E-state index is -1.73. The van der Waals surface area contributed by atoms with Gasteiger partial charge in [-0.25, -0.2) is 0 Å². The molecular formula is C4H9B2N3O6. The lowest BCUT2D eigenvalue weighted by atomic mass is 9.99. The second kappa shape index (κ2) is 14.9. The molecule has 0 aliphatic rings. The average molecular weight is 217 g/mol. The molecule has 0 bridgehead atoms. The van der Waals surface area contributed by atoms with E-state index in [4.69, 9.17) is 26.1 Å². The van der Waals surface area contributed by atoms with Gasteiger partial charge in [-0.2, -0.15) is 0 Å². The molecule has 4 radical (unpaired) electrons. The van der Waals surface area contributed by atoms with Gasteiger partial charge in [0.05, 0.1) is 5.94 Å². The second-order valence-corrected chi connectivity index (χ2v) is 1.65. The normalized spacial score (nSPS) is 10.9. The predicted octanol–water partition coefficient (Wildman–Crippen LogP) is -3.71. The first-order valence-corrected chi connectivity index (χ1v) is 2.89. The zero-order chi connectivity index (χ0) is 12.3. The number of aliphatic hydroxyl groups is 1. The molecule has 82 valence electrons. The number of aliphatic hydroxyl groups excluding tert-OH is 1. The Morgan fingerprint density at radius 1 is 1.13 bits per heavy atom. The van der Waals surface area contributed by atoms with Crippen molar-refractivity contribution in [1.82, 2.24) is 0 Å². The largest absolute Gasteiger partial charge is 0.481 e. The van der Waals surface area contributed by atoms with Gasteiger partial charge in [-0.15, -0.1) is 0 Å². The molecule has 0 aromatic rings. The number of aliphatic carboxylic acids is 2. The van der Waals surface area contributed by atoms with Crippen molar-refractivity contribution in [2.24, 2.45) is 5.73 Å². The highest BCUT2D eigenvalue weighted by molar-refractivity contribution is 6.22. The summed E-state index contributed by atoms with van der Waals surface area (Å²) in [6.45, 7) is 0. The summed E-state index contributed by atoms with van der Waals surface area (Å²) in [6, 6.07) is -1.73. The Bertz CT molecular complexity index is 178. The maximum Gasteiger partial charge on any atom is 0.322 e. The highest BCUT2D eigenvalue weighted by Gasteiger charge is 2.01. The van der Waals surface area contributed by atoms with Crippen LogP contribution in [-0.2, 0) is 9.59 Å². The third-order valence-electron chi connectivity index (χ3n) is 0.538. The van der Waals surface area contributed by atoms with E-state index < -0.39 is 23.9 Å². The lowest BCUT2D eigenvalue weighted by molar-refractivity contribution is -0.142. The molecule has 0 saturated heterocycles. The van der Waals surface area contributed by atoms with E-state index in [1.165, 1.54) is 0 Å². The van der Waals surface area contributed by atoms with Crippen LogP contribution in [-0.4, -0.2) is 60.4 Å². The van der Waals surface area contributed by atoms with E-state index in [0.717, 1.165) is 0 Å². The summed E-state index contributed by atoms with van der Waals surface area (Å²) in [5, 5.41) is 35.2. The summed E-state index contributed by atoms with van der Waals surface area (Å²) in [5.41, 5.74) is 4.61. The SMILES string of the molecule is N#N.O.[B]C(N)C(=O)O.[B]C(O)C(=O)O. The summed E-state index contributed by atoms with van der Waals surface area (Å²) in [7, 11) is 9.00. The molecule has 0 saturated carbocycles. The van der Waals surface area contributed by atoms with Crippen molar-refractivity contribution in [3.8, 4) is 0 Å². The Balaban J connectivity index is -0.0000000653. The van der Waals surface area contributed by atoms with Crippen LogP contribution in [0.3, 0.4) is 0 Å². The molecule has 0 aliphatic heterocycles. The number of carboxylic acid groups (broad SMARTS) is 2. The molecule has 0 aromatic carbocycles. The molecule has 15 heavy (non-hydrogen) atoms. The minimum absolute atomic E-state index is 0. The topological polar surface area (TPSA) is 200 Å². The smallest absolute Gasteiger partial charge is 0.322 e. The fourth-order valence-corrected chi connectivity index (χ4v) is 0. The van der Waals surface area contributed by atoms with Gasteiger partial charge in [-0.1, -0.05) is 0 Å². The second-order valence-electron chi connectivity index (χ2n) is 1.65. The third kappa shape index (κ3) is 32.8. The van der Waals surface area contributed by atoms with Crippen molar-refractivity contribution in [1.29, 1.82) is 10.8 Å². The number of nitrogens with two attached hydrogens (primary N) is 1. The Morgan fingerprint density at radius 3 is 1.27 bits per heavy atom. The first kappa shape index (κ1) is 23.3. The quantitative estimate of drug-likeness (QED) is 0.267. The van der Waals surface area contributed by atoms with Gasteiger partial charge in [0.2, 0.25) is 0 Å². The van der Waals surface area contributed by atoms with Crippen LogP contribution in [0.4, 0.5) is 0 Å². The van der Waals surface area contributed by atoms with E-state index in [9.17, 15) is 9.59 Å². The van der Waals surface area contributed by atoms with Gasteiger partial charge in [-0.05, 0) is 0 Å². The molecular weight excluding hydrogens is 208 g/mol. The van der Waals surface area contributed by atoms with E-state index in [-0.39, 0.29) is 5.48 Å². The summed E-state index contributed by atoms with van der Waals surface area (Å²) in [6.07, 6.45) is 0. The molecule has 0 heterocycles. The molecule has 7 N–H and O–H groups in total. The molecule has 0 spiro atoms. The van der Waals surface area contributed by atoms with E-state index >= 15 is 0 Å². The van der Waals surface area contributed by atoms with Crippen LogP contribution < -0.4 is 5.73 Å². The maximum absolute atomic E-state index is 9.45. The van der Waals surface area contributed by atoms with Gasteiger partial charge < -0.3 is 26.5 Å². The molecule has 0 aliphatic carbocycles. The van der Waals surface area contributed by atoms with E-state index in [1.807, 2.05) is 0 Å². The third-order valence-corrected chi connectivity index (χ3v) is 0.538. The molecule has 0 fully saturated rings. The van der Waals surface area contributed by atoms with Crippen molar-refractivity contribution >= 4 is 27.6 Å². The number of hydrogen-bond donors (Lipinski definition) is 4. The Labute approximate surface area is 87.4 Å². The maximum atomic E-state index is 9.45. The Morgan fingerprint density at radius 2 is 1.27 bits per heavy atom. The fraction of sp³-hybridized carbons (Fsp3) is 0.500. The number of hydrogen-bond acceptors (Lipinski definition) is 6. The van der Waals surface area contributed by atoms with E-state index in [0.29, 0.717) is 0 Å². The van der Waals surface area contributed by atoms with E-state index in [2.05, 4.69) is 21.4 Å². The van der Waals surface area contributed by atoms with Crippen molar-refractivity contribution in [3.63, 3.8) is 0 Å². The molecule has 11 heteroatoms. The van der Waals surface area contributed by atoms with Crippen molar-refractivity contribution in [2.75, 3.05) is 0 Å². The number of carbonyl (C=O) groups is 2. The van der Waals surface area contributed by atoms with E-state index in [1.54, 1.807) is 0 Å². The lowest BCUT2D eigenvalue weighted by Gasteiger charge is -1.90. The number of nitrogens with zero attached hydrogens (tertiary/aromatic N) is 2. The molecule has 2 unspecified atom stereocenters. The first-order valence-electron chi connectivity index (χ1n) is 2.89. The van der Waals surface area contributed by atoms with Crippen LogP contribution >= 0.6 is 0 Å². The van der Waals surface area contributed by atoms with Crippen molar-refractivity contribution in [3.05, 3.63) is 0 Å². The fourth-order valence-electron chi connectivity index (χ4n) is 0. The van der Waals surface area contributed by atoms with Gasteiger partial charge in [-0.3, -0.25) is 9.59 Å². The minimum Gasteiger partial charge on any atom is -0.481 e. The lowest BCUT2D eigenvalue weighted by Crippen LogP contribution is -2.29. The predicted molar refractivity (Wildman–Crippen MR) is 47.8 cm³/mol. The summed E-state index contributed by atoms with van der Waals surface area (Å²) < 4.78 is 0. The van der Waals surface area contributed by atoms with Crippen LogP contribution in [0.2, 0.25) is 0 Å². The van der Waals surface area contributed by atoms with Gasteiger partial charge in [0.15, 0.2) is 0 Å². The van der Waals surface area contributed by atoms with Crippen molar-refractivity contribution < 1.29 is 30.4 Å². The number of rotatable bonds is 2. The first-order chi connectivity index (χ1) is 6.29. The molecule has 0 aromatic heterocycles. The van der Waals surface area contributed by atoms with Gasteiger partial charge in [0.1, 0.15) is 21.7 Å². The highest BCUT2D eigenvalue weighted by Crippen LogP contribution is 1.67. The molecule has 0 rings (SSSR count). The number of carboxylic acids is 2. The standard InChI is InChI=1S/C2H4BNO2.C2H3BO3.N2.H2O/c2*3-1(4)2(5)6;1-2;/h1H,4H2,(H,5,6);1,4H,(H,5,6);;1H2. The summed E-state index contributed by atoms with van der Waals surface area (Å²) in [4.78, 5) is 18.8. The van der Waals surface area contributed by atoms with Crippen LogP contribution in [0.5, 0.6) is 0 Å². The zero-order valence-electron chi connectivity index (χ0n) is 7.44. The molecule has 0 amide bonds. The van der Waals surface area contributed by atoms with Gasteiger partial charge >= 0.3 is 11.9 Å². The van der Waals surface area contributed by atoms with Gasteiger partial charge in [0, 0.05) is 10.8 Å². The van der Waals surface area contributed by atoms with Crippen molar-refractivity contribution in [2.45, 2.75) is 11.9 Å². The Kier molecular flexibility index (Phi) is 23.1. The average Bonchev–Trinajstić information content (AvgIpc) is 2.08. The van der Waals surface area contributed by atoms with Crippen LogP contribution in [0.1, 0.15) is 0 Å².